The van der Waals surface area contributed by atoms with E-state index < -0.39 is 10.8 Å². The molecule has 0 bridgehead atoms. The third kappa shape index (κ3) is 3.55. The zero-order chi connectivity index (χ0) is 15.4. The number of pyridine rings is 1. The van der Waals surface area contributed by atoms with Crippen LogP contribution in [-0.4, -0.2) is 15.8 Å². The fourth-order valence-electron chi connectivity index (χ4n) is 1.79. The van der Waals surface area contributed by atoms with E-state index in [1.807, 2.05) is 13.0 Å². The number of benzene rings is 1. The number of hydrogen-bond donors (Lipinski definition) is 1. The van der Waals surface area contributed by atoms with Crippen molar-refractivity contribution in [2.24, 2.45) is 0 Å². The lowest BCUT2D eigenvalue weighted by atomic mass is 10.1. The third-order valence-corrected chi connectivity index (χ3v) is 3.25. The average Bonchev–Trinajstić information content (AvgIpc) is 2.47. The molecule has 108 valence electrons. The van der Waals surface area contributed by atoms with Gasteiger partial charge in [0.1, 0.15) is 0 Å². The number of nitro benzene ring substituents is 1. The van der Waals surface area contributed by atoms with Gasteiger partial charge in [0.15, 0.2) is 0 Å². The van der Waals surface area contributed by atoms with Gasteiger partial charge in [0.05, 0.1) is 21.6 Å². The first-order valence-corrected chi connectivity index (χ1v) is 6.51. The van der Waals surface area contributed by atoms with Crippen LogP contribution >= 0.6 is 11.6 Å². The molecule has 1 amide bonds. The zero-order valence-corrected chi connectivity index (χ0v) is 11.9. The highest BCUT2D eigenvalue weighted by Crippen LogP contribution is 2.23. The number of rotatable bonds is 4. The van der Waals surface area contributed by atoms with Gasteiger partial charge < -0.3 is 5.32 Å². The van der Waals surface area contributed by atoms with Gasteiger partial charge in [-0.15, -0.1) is 0 Å². The molecule has 1 atom stereocenters. The van der Waals surface area contributed by atoms with Gasteiger partial charge >= 0.3 is 0 Å². The Balaban J connectivity index is 2.15. The molecule has 0 spiro atoms. The standard InChI is InChI=1S/C14H12ClN3O3/c1-9(10-3-2-6-16-8-10)17-14(19)12-5-4-11(18(20)21)7-13(12)15/h2-9H,1H3,(H,17,19). The summed E-state index contributed by atoms with van der Waals surface area (Å²) in [6, 6.07) is 7.11. The molecular weight excluding hydrogens is 294 g/mol. The maximum Gasteiger partial charge on any atom is 0.270 e. The summed E-state index contributed by atoms with van der Waals surface area (Å²) in [5, 5.41) is 13.4. The molecule has 1 N–H and O–H groups in total. The summed E-state index contributed by atoms with van der Waals surface area (Å²) in [4.78, 5) is 26.2. The number of aromatic nitrogens is 1. The minimum absolute atomic E-state index is 0.0417. The number of hydrogen-bond acceptors (Lipinski definition) is 4. The Bertz CT molecular complexity index is 676. The summed E-state index contributed by atoms with van der Waals surface area (Å²) >= 11 is 5.92. The lowest BCUT2D eigenvalue weighted by Crippen LogP contribution is -2.27. The van der Waals surface area contributed by atoms with E-state index in [2.05, 4.69) is 10.3 Å². The van der Waals surface area contributed by atoms with Crippen LogP contribution < -0.4 is 5.32 Å². The first kappa shape index (κ1) is 14.9. The highest BCUT2D eigenvalue weighted by atomic mass is 35.5. The average molecular weight is 306 g/mol. The molecule has 0 aliphatic heterocycles. The normalized spacial score (nSPS) is 11.7. The van der Waals surface area contributed by atoms with E-state index in [0.29, 0.717) is 0 Å². The predicted molar refractivity (Wildman–Crippen MR) is 78.2 cm³/mol. The summed E-state index contributed by atoms with van der Waals surface area (Å²) < 4.78 is 0. The van der Waals surface area contributed by atoms with Gasteiger partial charge in [-0.2, -0.15) is 0 Å². The van der Waals surface area contributed by atoms with Crippen LogP contribution in [0.5, 0.6) is 0 Å². The number of carbonyl (C=O) groups excluding carboxylic acids is 1. The first-order chi connectivity index (χ1) is 9.99. The van der Waals surface area contributed by atoms with Crippen molar-refractivity contribution < 1.29 is 9.72 Å². The number of nitrogens with zero attached hydrogens (tertiary/aromatic N) is 2. The molecule has 0 fully saturated rings. The Morgan fingerprint density at radius 3 is 2.76 bits per heavy atom. The van der Waals surface area contributed by atoms with Gasteiger partial charge in [-0.3, -0.25) is 19.9 Å². The summed E-state index contributed by atoms with van der Waals surface area (Å²) in [5.41, 5.74) is 0.888. The number of nitro groups is 1. The molecule has 1 aromatic carbocycles. The molecule has 1 aromatic heterocycles. The SMILES string of the molecule is CC(NC(=O)c1ccc([N+](=O)[O-])cc1Cl)c1cccnc1. The van der Waals surface area contributed by atoms with Crippen molar-refractivity contribution in [2.75, 3.05) is 0 Å². The van der Waals surface area contributed by atoms with Gasteiger partial charge in [-0.05, 0) is 24.6 Å². The number of amides is 1. The van der Waals surface area contributed by atoms with Crippen LogP contribution in [0.4, 0.5) is 5.69 Å². The van der Waals surface area contributed by atoms with Crippen LogP contribution in [0.25, 0.3) is 0 Å². The lowest BCUT2D eigenvalue weighted by molar-refractivity contribution is -0.384. The second kappa shape index (κ2) is 6.32. The molecule has 7 heteroatoms. The molecule has 0 saturated heterocycles. The Labute approximate surface area is 125 Å². The lowest BCUT2D eigenvalue weighted by Gasteiger charge is -2.14. The van der Waals surface area contributed by atoms with Crippen LogP contribution in [0, 0.1) is 10.1 Å². The van der Waals surface area contributed by atoms with E-state index >= 15 is 0 Å². The number of halogens is 1. The number of carbonyl (C=O) groups is 1. The molecular formula is C14H12ClN3O3. The highest BCUT2D eigenvalue weighted by Gasteiger charge is 2.17. The maximum absolute atomic E-state index is 12.1. The fraction of sp³-hybridized carbons (Fsp3) is 0.143. The molecule has 0 saturated carbocycles. The third-order valence-electron chi connectivity index (χ3n) is 2.94. The first-order valence-electron chi connectivity index (χ1n) is 6.14. The minimum Gasteiger partial charge on any atom is -0.345 e. The van der Waals surface area contributed by atoms with E-state index in [-0.39, 0.29) is 22.3 Å². The summed E-state index contributed by atoms with van der Waals surface area (Å²) in [5.74, 6) is -0.397. The van der Waals surface area contributed by atoms with Gasteiger partial charge in [0.25, 0.3) is 11.6 Å². The second-order valence-electron chi connectivity index (χ2n) is 4.40. The smallest absolute Gasteiger partial charge is 0.270 e. The predicted octanol–water partition coefficient (Wildman–Crippen LogP) is 3.13. The summed E-state index contributed by atoms with van der Waals surface area (Å²) in [6.45, 7) is 1.81. The van der Waals surface area contributed by atoms with Gasteiger partial charge in [-0.1, -0.05) is 17.7 Å². The van der Waals surface area contributed by atoms with Crippen LogP contribution in [0.3, 0.4) is 0 Å². The maximum atomic E-state index is 12.1. The number of non-ortho nitro benzene ring substituents is 1. The van der Waals surface area contributed by atoms with Crippen molar-refractivity contribution in [1.29, 1.82) is 0 Å². The zero-order valence-electron chi connectivity index (χ0n) is 11.1. The molecule has 0 radical (unpaired) electrons. The van der Waals surface area contributed by atoms with Gasteiger partial charge in [0.2, 0.25) is 0 Å². The Morgan fingerprint density at radius 2 is 2.19 bits per heavy atom. The molecule has 0 aliphatic rings. The van der Waals surface area contributed by atoms with E-state index in [9.17, 15) is 14.9 Å². The van der Waals surface area contributed by atoms with Crippen molar-refractivity contribution in [2.45, 2.75) is 13.0 Å². The van der Waals surface area contributed by atoms with E-state index in [4.69, 9.17) is 11.6 Å². The Kier molecular flexibility index (Phi) is 4.49. The van der Waals surface area contributed by atoms with Crippen molar-refractivity contribution >= 4 is 23.2 Å². The van der Waals surface area contributed by atoms with E-state index in [1.54, 1.807) is 18.5 Å². The number of nitrogens with one attached hydrogen (secondary N) is 1. The monoisotopic (exact) mass is 305 g/mol. The molecule has 21 heavy (non-hydrogen) atoms. The minimum atomic E-state index is -0.564. The van der Waals surface area contributed by atoms with Crippen LogP contribution in [-0.2, 0) is 0 Å². The van der Waals surface area contributed by atoms with Crippen molar-refractivity contribution in [3.05, 3.63) is 69.0 Å². The highest BCUT2D eigenvalue weighted by molar-refractivity contribution is 6.34. The topological polar surface area (TPSA) is 85.1 Å². The Morgan fingerprint density at radius 1 is 1.43 bits per heavy atom. The molecule has 2 rings (SSSR count). The largest absolute Gasteiger partial charge is 0.345 e. The quantitative estimate of drug-likeness (QED) is 0.694. The van der Waals surface area contributed by atoms with E-state index in [0.717, 1.165) is 11.6 Å². The van der Waals surface area contributed by atoms with Crippen molar-refractivity contribution in [3.63, 3.8) is 0 Å². The van der Waals surface area contributed by atoms with E-state index in [1.165, 1.54) is 12.1 Å². The summed E-state index contributed by atoms with van der Waals surface area (Å²) in [7, 11) is 0. The van der Waals surface area contributed by atoms with Crippen LogP contribution in [0.15, 0.2) is 42.7 Å². The fourth-order valence-corrected chi connectivity index (χ4v) is 2.05. The Hall–Kier alpha value is -2.47. The molecule has 0 aliphatic carbocycles. The van der Waals surface area contributed by atoms with Crippen molar-refractivity contribution in [1.82, 2.24) is 10.3 Å². The molecule has 1 heterocycles. The summed E-state index contributed by atoms with van der Waals surface area (Å²) in [6.07, 6.45) is 3.30. The van der Waals surface area contributed by atoms with Gasteiger partial charge in [-0.25, -0.2) is 0 Å². The van der Waals surface area contributed by atoms with Crippen molar-refractivity contribution in [3.8, 4) is 0 Å². The second-order valence-corrected chi connectivity index (χ2v) is 4.81. The van der Waals surface area contributed by atoms with Crippen LogP contribution in [0.1, 0.15) is 28.9 Å². The molecule has 6 nitrogen and oxygen atoms in total. The molecule has 2 aromatic rings. The van der Waals surface area contributed by atoms with Crippen LogP contribution in [0.2, 0.25) is 5.02 Å². The van der Waals surface area contributed by atoms with Gasteiger partial charge in [0, 0.05) is 24.5 Å². The molecule has 1 unspecified atom stereocenters.